The maximum Gasteiger partial charge on any atom is 0.197 e. The summed E-state index contributed by atoms with van der Waals surface area (Å²) < 4.78 is 5.86. The average Bonchev–Trinajstić information content (AvgIpc) is 2.89. The monoisotopic (exact) mass is 281 g/mol. The molecule has 108 valence electrons. The molecule has 1 N–H and O–H groups in total. The number of hydrogen-bond donors (Lipinski definition) is 1. The van der Waals surface area contributed by atoms with E-state index in [4.69, 9.17) is 4.42 Å². The van der Waals surface area contributed by atoms with Crippen LogP contribution in [0.2, 0.25) is 0 Å². The van der Waals surface area contributed by atoms with Gasteiger partial charge in [0.15, 0.2) is 11.6 Å². The molecule has 0 aliphatic carbocycles. The molecule has 0 amide bonds. The molecule has 0 unspecified atom stereocenters. The minimum absolute atomic E-state index is 0.372. The summed E-state index contributed by atoms with van der Waals surface area (Å²) in [5.74, 6) is 2.56. The zero-order valence-electron chi connectivity index (χ0n) is 12.8. The fourth-order valence-corrected chi connectivity index (χ4v) is 2.67. The highest BCUT2D eigenvalue weighted by Crippen LogP contribution is 2.30. The van der Waals surface area contributed by atoms with Gasteiger partial charge in [-0.2, -0.15) is 0 Å². The SMILES string of the molecule is CNc1nc(-c2cc3ccccc3o2)nc(C)c1C(C)C. The maximum absolute atomic E-state index is 5.86. The van der Waals surface area contributed by atoms with Gasteiger partial charge in [-0.1, -0.05) is 32.0 Å². The van der Waals surface area contributed by atoms with E-state index in [0.717, 1.165) is 28.0 Å². The van der Waals surface area contributed by atoms with Crippen LogP contribution in [0.1, 0.15) is 31.0 Å². The molecule has 0 fully saturated rings. The van der Waals surface area contributed by atoms with Gasteiger partial charge < -0.3 is 9.73 Å². The standard InChI is InChI=1S/C17H19N3O/c1-10(2)15-11(3)19-16(20-17(15)18-4)14-9-12-7-5-6-8-13(12)21-14/h5-10H,1-4H3,(H,18,19,20). The first-order valence-corrected chi connectivity index (χ1v) is 7.15. The van der Waals surface area contributed by atoms with E-state index in [1.165, 1.54) is 0 Å². The Balaban J connectivity index is 2.16. The van der Waals surface area contributed by atoms with Gasteiger partial charge in [-0.15, -0.1) is 0 Å². The van der Waals surface area contributed by atoms with Gasteiger partial charge in [-0.3, -0.25) is 0 Å². The largest absolute Gasteiger partial charge is 0.453 e. The Hall–Kier alpha value is -2.36. The Bertz CT molecular complexity index is 757. The van der Waals surface area contributed by atoms with Crippen LogP contribution in [0.25, 0.3) is 22.6 Å². The van der Waals surface area contributed by atoms with E-state index < -0.39 is 0 Å². The van der Waals surface area contributed by atoms with Crippen molar-refractivity contribution in [2.45, 2.75) is 26.7 Å². The number of hydrogen-bond acceptors (Lipinski definition) is 4. The van der Waals surface area contributed by atoms with Crippen molar-refractivity contribution >= 4 is 16.8 Å². The van der Waals surface area contributed by atoms with Gasteiger partial charge in [0.05, 0.1) is 0 Å². The normalized spacial score (nSPS) is 11.3. The number of furan rings is 1. The Labute approximate surface area is 124 Å². The van der Waals surface area contributed by atoms with E-state index >= 15 is 0 Å². The number of nitrogens with zero attached hydrogens (tertiary/aromatic N) is 2. The lowest BCUT2D eigenvalue weighted by Crippen LogP contribution is -2.06. The molecule has 0 atom stereocenters. The van der Waals surface area contributed by atoms with Crippen LogP contribution in [-0.2, 0) is 0 Å². The van der Waals surface area contributed by atoms with Crippen LogP contribution < -0.4 is 5.32 Å². The van der Waals surface area contributed by atoms with Crippen molar-refractivity contribution in [3.8, 4) is 11.6 Å². The third-order valence-corrected chi connectivity index (χ3v) is 3.60. The third kappa shape index (κ3) is 2.37. The molecule has 2 heterocycles. The van der Waals surface area contributed by atoms with Crippen LogP contribution in [-0.4, -0.2) is 17.0 Å². The van der Waals surface area contributed by atoms with Gasteiger partial charge in [-0.05, 0) is 25.0 Å². The highest BCUT2D eigenvalue weighted by atomic mass is 16.3. The van der Waals surface area contributed by atoms with Crippen molar-refractivity contribution in [3.05, 3.63) is 41.6 Å². The van der Waals surface area contributed by atoms with Crippen molar-refractivity contribution in [2.75, 3.05) is 12.4 Å². The van der Waals surface area contributed by atoms with Crippen LogP contribution in [0.4, 0.5) is 5.82 Å². The minimum Gasteiger partial charge on any atom is -0.453 e. The van der Waals surface area contributed by atoms with Gasteiger partial charge in [0, 0.05) is 23.7 Å². The van der Waals surface area contributed by atoms with Gasteiger partial charge in [0.25, 0.3) is 0 Å². The zero-order chi connectivity index (χ0) is 15.0. The molecular weight excluding hydrogens is 262 g/mol. The summed E-state index contributed by atoms with van der Waals surface area (Å²) >= 11 is 0. The Kier molecular flexibility index (Phi) is 3.37. The number of aryl methyl sites for hydroxylation is 1. The second kappa shape index (κ2) is 5.20. The Morgan fingerprint density at radius 2 is 1.90 bits per heavy atom. The first kappa shape index (κ1) is 13.6. The second-order valence-corrected chi connectivity index (χ2v) is 5.45. The molecular formula is C17H19N3O. The highest BCUT2D eigenvalue weighted by molar-refractivity contribution is 5.81. The maximum atomic E-state index is 5.86. The van der Waals surface area contributed by atoms with Crippen LogP contribution in [0.15, 0.2) is 34.7 Å². The van der Waals surface area contributed by atoms with Crippen molar-refractivity contribution in [3.63, 3.8) is 0 Å². The summed E-state index contributed by atoms with van der Waals surface area (Å²) in [6, 6.07) is 9.92. The van der Waals surface area contributed by atoms with Crippen LogP contribution in [0.3, 0.4) is 0 Å². The lowest BCUT2D eigenvalue weighted by molar-refractivity contribution is 0.624. The summed E-state index contributed by atoms with van der Waals surface area (Å²) in [6.07, 6.45) is 0. The molecule has 2 aromatic heterocycles. The lowest BCUT2D eigenvalue weighted by Gasteiger charge is -2.14. The molecule has 0 aliphatic rings. The van der Waals surface area contributed by atoms with Crippen molar-refractivity contribution in [1.29, 1.82) is 0 Å². The molecule has 0 radical (unpaired) electrons. The number of nitrogens with one attached hydrogen (secondary N) is 1. The number of benzene rings is 1. The number of aromatic nitrogens is 2. The van der Waals surface area contributed by atoms with Crippen molar-refractivity contribution in [2.24, 2.45) is 0 Å². The lowest BCUT2D eigenvalue weighted by atomic mass is 10.0. The molecule has 0 saturated carbocycles. The van der Waals surface area contributed by atoms with E-state index in [9.17, 15) is 0 Å². The zero-order valence-corrected chi connectivity index (χ0v) is 12.8. The van der Waals surface area contributed by atoms with Gasteiger partial charge >= 0.3 is 0 Å². The molecule has 0 saturated heterocycles. The Morgan fingerprint density at radius 1 is 1.14 bits per heavy atom. The molecule has 4 nitrogen and oxygen atoms in total. The predicted octanol–water partition coefficient (Wildman–Crippen LogP) is 4.36. The molecule has 0 bridgehead atoms. The minimum atomic E-state index is 0.372. The fraction of sp³-hybridized carbons (Fsp3) is 0.294. The summed E-state index contributed by atoms with van der Waals surface area (Å²) in [5, 5.41) is 4.23. The van der Waals surface area contributed by atoms with Crippen LogP contribution in [0, 0.1) is 6.92 Å². The topological polar surface area (TPSA) is 51.0 Å². The van der Waals surface area contributed by atoms with Gasteiger partial charge in [0.1, 0.15) is 11.4 Å². The highest BCUT2D eigenvalue weighted by Gasteiger charge is 2.16. The van der Waals surface area contributed by atoms with E-state index in [1.807, 2.05) is 44.3 Å². The summed E-state index contributed by atoms with van der Waals surface area (Å²) in [5.41, 5.74) is 2.99. The fourth-order valence-electron chi connectivity index (χ4n) is 2.67. The second-order valence-electron chi connectivity index (χ2n) is 5.45. The summed E-state index contributed by atoms with van der Waals surface area (Å²) in [6.45, 7) is 6.31. The first-order chi connectivity index (χ1) is 10.1. The molecule has 3 rings (SSSR count). The molecule has 0 spiro atoms. The van der Waals surface area contributed by atoms with Gasteiger partial charge in [0.2, 0.25) is 0 Å². The smallest absolute Gasteiger partial charge is 0.197 e. The first-order valence-electron chi connectivity index (χ1n) is 7.15. The summed E-state index contributed by atoms with van der Waals surface area (Å²) in [4.78, 5) is 9.25. The molecule has 0 aliphatic heterocycles. The number of para-hydroxylation sites is 1. The van der Waals surface area contributed by atoms with Crippen LogP contribution >= 0.6 is 0 Å². The molecule has 4 heteroatoms. The van der Waals surface area contributed by atoms with E-state index in [0.29, 0.717) is 17.5 Å². The summed E-state index contributed by atoms with van der Waals surface area (Å²) in [7, 11) is 1.88. The number of anilines is 1. The van der Waals surface area contributed by atoms with E-state index in [-0.39, 0.29) is 0 Å². The van der Waals surface area contributed by atoms with Crippen molar-refractivity contribution < 1.29 is 4.42 Å². The van der Waals surface area contributed by atoms with Crippen LogP contribution in [0.5, 0.6) is 0 Å². The number of fused-ring (bicyclic) bond motifs is 1. The van der Waals surface area contributed by atoms with E-state index in [1.54, 1.807) is 0 Å². The third-order valence-electron chi connectivity index (χ3n) is 3.60. The van der Waals surface area contributed by atoms with E-state index in [2.05, 4.69) is 29.1 Å². The quantitative estimate of drug-likeness (QED) is 0.774. The molecule has 21 heavy (non-hydrogen) atoms. The van der Waals surface area contributed by atoms with Crippen molar-refractivity contribution in [1.82, 2.24) is 9.97 Å². The number of rotatable bonds is 3. The molecule has 1 aromatic carbocycles. The average molecular weight is 281 g/mol. The van der Waals surface area contributed by atoms with Gasteiger partial charge in [-0.25, -0.2) is 9.97 Å². The Morgan fingerprint density at radius 3 is 2.57 bits per heavy atom. The molecule has 3 aromatic rings. The predicted molar refractivity (Wildman–Crippen MR) is 85.6 cm³/mol.